The molecule has 1 heterocycles. The monoisotopic (exact) mass is 400 g/mol. The van der Waals surface area contributed by atoms with Gasteiger partial charge < -0.3 is 5.73 Å². The van der Waals surface area contributed by atoms with Crippen LogP contribution in [0.2, 0.25) is 0 Å². The molecule has 0 aliphatic heterocycles. The van der Waals surface area contributed by atoms with Crippen LogP contribution >= 0.6 is 27.3 Å². The quantitative estimate of drug-likeness (QED) is 0.819. The Morgan fingerprint density at radius 2 is 1.90 bits per heavy atom. The van der Waals surface area contributed by atoms with Crippen molar-refractivity contribution in [3.63, 3.8) is 0 Å². The van der Waals surface area contributed by atoms with Crippen LogP contribution in [0.25, 0.3) is 0 Å². The zero-order valence-electron chi connectivity index (χ0n) is 10.1. The number of thiophene rings is 1. The van der Waals surface area contributed by atoms with Gasteiger partial charge in [-0.2, -0.15) is 13.2 Å². The lowest BCUT2D eigenvalue weighted by Crippen LogP contribution is -2.16. The van der Waals surface area contributed by atoms with E-state index in [2.05, 4.69) is 15.9 Å². The minimum Gasteiger partial charge on any atom is -0.398 e. The number of nitrogen functional groups attached to an aromatic ring is 1. The zero-order valence-corrected chi connectivity index (χ0v) is 13.3. The summed E-state index contributed by atoms with van der Waals surface area (Å²) in [6.07, 6.45) is -4.68. The van der Waals surface area contributed by atoms with Crippen LogP contribution in [0.4, 0.5) is 24.5 Å². The summed E-state index contributed by atoms with van der Waals surface area (Å²) >= 11 is 3.75. The molecule has 0 fully saturated rings. The van der Waals surface area contributed by atoms with Gasteiger partial charge in [-0.3, -0.25) is 4.72 Å². The molecular weight excluding hydrogens is 393 g/mol. The highest BCUT2D eigenvalue weighted by atomic mass is 79.9. The highest BCUT2D eigenvalue weighted by Crippen LogP contribution is 2.37. The summed E-state index contributed by atoms with van der Waals surface area (Å²) in [7, 11) is -4.11. The third-order valence-electron chi connectivity index (χ3n) is 2.39. The van der Waals surface area contributed by atoms with Crippen molar-refractivity contribution >= 4 is 48.7 Å². The van der Waals surface area contributed by atoms with Crippen molar-refractivity contribution in [3.05, 3.63) is 39.7 Å². The number of anilines is 2. The van der Waals surface area contributed by atoms with E-state index in [1.165, 1.54) is 17.5 Å². The molecule has 1 aromatic heterocycles. The van der Waals surface area contributed by atoms with Crippen molar-refractivity contribution in [3.8, 4) is 0 Å². The molecule has 21 heavy (non-hydrogen) atoms. The van der Waals surface area contributed by atoms with Gasteiger partial charge in [-0.05, 0) is 24.3 Å². The lowest BCUT2D eigenvalue weighted by Gasteiger charge is -2.14. The molecule has 2 rings (SSSR count). The number of nitrogens with two attached hydrogens (primary N) is 1. The predicted octanol–water partition coefficient (Wildman–Crippen LogP) is 3.91. The molecule has 0 saturated heterocycles. The topological polar surface area (TPSA) is 72.2 Å². The number of alkyl halides is 3. The maximum atomic E-state index is 12.9. The molecule has 0 atom stereocenters. The van der Waals surface area contributed by atoms with E-state index in [9.17, 15) is 21.6 Å². The van der Waals surface area contributed by atoms with Crippen LogP contribution in [-0.2, 0) is 16.2 Å². The van der Waals surface area contributed by atoms with Gasteiger partial charge in [0.2, 0.25) is 0 Å². The fraction of sp³-hybridized carbons (Fsp3) is 0.0909. The zero-order chi connectivity index (χ0) is 15.8. The van der Waals surface area contributed by atoms with Gasteiger partial charge in [0.25, 0.3) is 10.0 Å². The largest absolute Gasteiger partial charge is 0.418 e. The molecule has 114 valence electrons. The van der Waals surface area contributed by atoms with E-state index in [1.807, 2.05) is 4.72 Å². The van der Waals surface area contributed by atoms with E-state index in [0.29, 0.717) is 0 Å². The Kier molecular flexibility index (Phi) is 4.22. The van der Waals surface area contributed by atoms with Gasteiger partial charge in [-0.1, -0.05) is 15.9 Å². The number of hydrogen-bond donors (Lipinski definition) is 2. The summed E-state index contributed by atoms with van der Waals surface area (Å²) in [5.41, 5.74) is 4.03. The van der Waals surface area contributed by atoms with Gasteiger partial charge in [-0.15, -0.1) is 11.3 Å². The van der Waals surface area contributed by atoms with E-state index in [0.717, 1.165) is 23.5 Å². The highest BCUT2D eigenvalue weighted by Gasteiger charge is 2.35. The molecule has 0 radical (unpaired) electrons. The first-order valence-corrected chi connectivity index (χ1v) is 8.49. The molecule has 10 heteroatoms. The number of hydrogen-bond acceptors (Lipinski definition) is 4. The molecule has 0 aliphatic carbocycles. The lowest BCUT2D eigenvalue weighted by molar-refractivity contribution is -0.136. The van der Waals surface area contributed by atoms with Gasteiger partial charge in [0.1, 0.15) is 4.21 Å². The second-order valence-corrected chi connectivity index (χ2v) is 7.73. The summed E-state index contributed by atoms with van der Waals surface area (Å²) in [6, 6.07) is 4.34. The Labute approximate surface area is 131 Å². The molecule has 0 aliphatic rings. The maximum absolute atomic E-state index is 12.9. The summed E-state index contributed by atoms with van der Waals surface area (Å²) < 4.78 is 64.9. The molecule has 3 N–H and O–H groups in total. The van der Waals surface area contributed by atoms with Crippen LogP contribution in [0.5, 0.6) is 0 Å². The average Bonchev–Trinajstić information content (AvgIpc) is 2.77. The SMILES string of the molecule is Nc1csc(S(=O)(=O)Nc2ccc(Br)cc2C(F)(F)F)c1. The molecule has 4 nitrogen and oxygen atoms in total. The standard InChI is InChI=1S/C11H8BrF3N2O2S2/c12-6-1-2-9(8(3-6)11(13,14)15)17-21(18,19)10-4-7(16)5-20-10/h1-5,17H,16H2. The summed E-state index contributed by atoms with van der Waals surface area (Å²) in [5.74, 6) is 0. The van der Waals surface area contributed by atoms with Crippen molar-refractivity contribution in [2.24, 2.45) is 0 Å². The predicted molar refractivity (Wildman–Crippen MR) is 78.7 cm³/mol. The van der Waals surface area contributed by atoms with Crippen molar-refractivity contribution in [2.75, 3.05) is 10.5 Å². The van der Waals surface area contributed by atoms with Crippen LogP contribution in [-0.4, -0.2) is 8.42 Å². The van der Waals surface area contributed by atoms with E-state index in [4.69, 9.17) is 5.73 Å². The van der Waals surface area contributed by atoms with E-state index in [1.54, 1.807) is 0 Å². The van der Waals surface area contributed by atoms with Crippen molar-refractivity contribution in [2.45, 2.75) is 10.4 Å². The minimum atomic E-state index is -4.68. The summed E-state index contributed by atoms with van der Waals surface area (Å²) in [4.78, 5) is 0. The van der Waals surface area contributed by atoms with Crippen LogP contribution in [0, 0.1) is 0 Å². The van der Waals surface area contributed by atoms with Crippen molar-refractivity contribution in [1.82, 2.24) is 0 Å². The third-order valence-corrected chi connectivity index (χ3v) is 5.71. The minimum absolute atomic E-state index is 0.156. The smallest absolute Gasteiger partial charge is 0.398 e. The highest BCUT2D eigenvalue weighted by molar-refractivity contribution is 9.10. The lowest BCUT2D eigenvalue weighted by atomic mass is 10.2. The molecule has 0 spiro atoms. The number of halogens is 4. The number of benzene rings is 1. The molecule has 0 bridgehead atoms. The molecule has 0 unspecified atom stereocenters. The van der Waals surface area contributed by atoms with Crippen LogP contribution in [0.1, 0.15) is 5.56 Å². The third kappa shape index (κ3) is 3.69. The molecular formula is C11H8BrF3N2O2S2. The Bertz CT molecular complexity index is 772. The Morgan fingerprint density at radius 1 is 1.24 bits per heavy atom. The first-order chi connectivity index (χ1) is 9.59. The van der Waals surface area contributed by atoms with Crippen LogP contribution < -0.4 is 10.5 Å². The van der Waals surface area contributed by atoms with Crippen molar-refractivity contribution in [1.29, 1.82) is 0 Å². The second-order valence-electron chi connectivity index (χ2n) is 3.99. The van der Waals surface area contributed by atoms with E-state index >= 15 is 0 Å². The Hall–Kier alpha value is -1.26. The Balaban J connectivity index is 2.45. The van der Waals surface area contributed by atoms with Gasteiger partial charge in [0, 0.05) is 15.5 Å². The molecule has 1 aromatic carbocycles. The van der Waals surface area contributed by atoms with Crippen LogP contribution in [0.3, 0.4) is 0 Å². The van der Waals surface area contributed by atoms with Crippen molar-refractivity contribution < 1.29 is 21.6 Å². The van der Waals surface area contributed by atoms with E-state index < -0.39 is 27.5 Å². The Morgan fingerprint density at radius 3 is 2.43 bits per heavy atom. The summed E-state index contributed by atoms with van der Waals surface area (Å²) in [5, 5.41) is 1.39. The number of sulfonamides is 1. The first kappa shape index (κ1) is 16.1. The fourth-order valence-electron chi connectivity index (χ4n) is 1.51. The normalized spacial score (nSPS) is 12.4. The van der Waals surface area contributed by atoms with Gasteiger partial charge >= 0.3 is 6.18 Å². The average molecular weight is 401 g/mol. The van der Waals surface area contributed by atoms with E-state index in [-0.39, 0.29) is 14.4 Å². The molecule has 0 saturated carbocycles. The first-order valence-electron chi connectivity index (χ1n) is 5.33. The van der Waals surface area contributed by atoms with Gasteiger partial charge in [0.05, 0.1) is 11.3 Å². The summed E-state index contributed by atoms with van der Waals surface area (Å²) in [6.45, 7) is 0. The van der Waals surface area contributed by atoms with Gasteiger partial charge in [0.15, 0.2) is 0 Å². The van der Waals surface area contributed by atoms with Gasteiger partial charge in [-0.25, -0.2) is 8.42 Å². The second kappa shape index (κ2) is 5.50. The van der Waals surface area contributed by atoms with Crippen LogP contribution in [0.15, 0.2) is 38.3 Å². The fourth-order valence-corrected chi connectivity index (χ4v) is 4.03. The molecule has 2 aromatic rings. The number of nitrogens with one attached hydrogen (secondary N) is 1. The maximum Gasteiger partial charge on any atom is 0.418 e. The number of rotatable bonds is 3. The molecule has 0 amide bonds.